The largest absolute Gasteiger partial charge is 0.494 e. The van der Waals surface area contributed by atoms with Crippen LogP contribution in [0.2, 0.25) is 0 Å². The highest BCUT2D eigenvalue weighted by molar-refractivity contribution is 5.20. The summed E-state index contributed by atoms with van der Waals surface area (Å²) in [5, 5.41) is 4.56. The van der Waals surface area contributed by atoms with Gasteiger partial charge in [0.15, 0.2) is 0 Å². The fraction of sp³-hybridized carbons (Fsp3) is 0.438. The summed E-state index contributed by atoms with van der Waals surface area (Å²) in [6, 6.07) is 12.0. The Bertz CT molecular complexity index is 477. The Hall–Kier alpha value is -1.77. The molecule has 0 amide bonds. The van der Waals surface area contributed by atoms with E-state index in [4.69, 9.17) is 4.74 Å². The van der Waals surface area contributed by atoms with Gasteiger partial charge < -0.3 is 4.74 Å². The molecule has 102 valence electrons. The van der Waals surface area contributed by atoms with Crippen LogP contribution in [0.1, 0.15) is 26.0 Å². The third-order valence-electron chi connectivity index (χ3n) is 2.86. The minimum atomic E-state index is 0.657. The average Bonchev–Trinajstić information content (AvgIpc) is 2.83. The van der Waals surface area contributed by atoms with Crippen LogP contribution in [-0.4, -0.2) is 16.4 Å². The Morgan fingerprint density at radius 2 is 1.95 bits per heavy atom. The number of hydrogen-bond acceptors (Lipinski definition) is 2. The van der Waals surface area contributed by atoms with Gasteiger partial charge in [0.1, 0.15) is 5.75 Å². The number of nitrogens with zero attached hydrogens (tertiary/aromatic N) is 2. The van der Waals surface area contributed by atoms with Gasteiger partial charge >= 0.3 is 0 Å². The van der Waals surface area contributed by atoms with Gasteiger partial charge in [0.05, 0.1) is 12.3 Å². The summed E-state index contributed by atoms with van der Waals surface area (Å²) in [5.74, 6) is 1.59. The lowest BCUT2D eigenvalue weighted by atomic mass is 10.1. The van der Waals surface area contributed by atoms with Crippen molar-refractivity contribution in [2.24, 2.45) is 5.92 Å². The molecule has 0 aliphatic carbocycles. The Kier molecular flexibility index (Phi) is 5.01. The fourth-order valence-electron chi connectivity index (χ4n) is 1.99. The molecule has 1 aromatic carbocycles. The number of aryl methyl sites for hydroxylation is 1. The maximum Gasteiger partial charge on any atom is 0.119 e. The molecular weight excluding hydrogens is 236 g/mol. The number of para-hydroxylation sites is 1. The van der Waals surface area contributed by atoms with E-state index in [9.17, 15) is 0 Å². The molecule has 0 bridgehead atoms. The standard InChI is InChI=1S/C16H22N2O/c1-14(2)13-15-9-11-18(17-15)10-6-12-19-16-7-4-3-5-8-16/h3-5,7-9,11,14H,6,10,12-13H2,1-2H3. The monoisotopic (exact) mass is 258 g/mol. The van der Waals surface area contributed by atoms with Crippen molar-refractivity contribution < 1.29 is 4.74 Å². The molecule has 0 aliphatic heterocycles. The van der Waals surface area contributed by atoms with Crippen molar-refractivity contribution in [3.8, 4) is 5.75 Å². The van der Waals surface area contributed by atoms with E-state index in [-0.39, 0.29) is 0 Å². The average molecular weight is 258 g/mol. The molecule has 3 heteroatoms. The predicted molar refractivity (Wildman–Crippen MR) is 77.3 cm³/mol. The normalized spacial score (nSPS) is 10.9. The molecule has 0 spiro atoms. The molecule has 0 radical (unpaired) electrons. The van der Waals surface area contributed by atoms with E-state index in [1.54, 1.807) is 0 Å². The van der Waals surface area contributed by atoms with Crippen molar-refractivity contribution in [1.82, 2.24) is 9.78 Å². The predicted octanol–water partition coefficient (Wildman–Crippen LogP) is 3.55. The van der Waals surface area contributed by atoms with E-state index >= 15 is 0 Å². The molecule has 19 heavy (non-hydrogen) atoms. The zero-order chi connectivity index (χ0) is 13.5. The maximum absolute atomic E-state index is 5.66. The van der Waals surface area contributed by atoms with E-state index in [0.717, 1.165) is 31.7 Å². The molecule has 0 fully saturated rings. The second-order valence-electron chi connectivity index (χ2n) is 5.18. The molecule has 1 aromatic heterocycles. The van der Waals surface area contributed by atoms with Crippen molar-refractivity contribution in [2.45, 2.75) is 33.2 Å². The Morgan fingerprint density at radius 3 is 2.68 bits per heavy atom. The van der Waals surface area contributed by atoms with Crippen molar-refractivity contribution in [1.29, 1.82) is 0 Å². The first-order valence-corrected chi connectivity index (χ1v) is 6.94. The van der Waals surface area contributed by atoms with Crippen LogP contribution in [0.3, 0.4) is 0 Å². The fourth-order valence-corrected chi connectivity index (χ4v) is 1.99. The molecule has 0 saturated carbocycles. The van der Waals surface area contributed by atoms with Crippen LogP contribution in [0.15, 0.2) is 42.6 Å². The van der Waals surface area contributed by atoms with Gasteiger partial charge in [-0.3, -0.25) is 4.68 Å². The van der Waals surface area contributed by atoms with Gasteiger partial charge in [0.25, 0.3) is 0 Å². The van der Waals surface area contributed by atoms with Gasteiger partial charge in [-0.05, 0) is 30.5 Å². The van der Waals surface area contributed by atoms with Crippen molar-refractivity contribution in [2.75, 3.05) is 6.61 Å². The smallest absolute Gasteiger partial charge is 0.119 e. The molecule has 2 aromatic rings. The first-order valence-electron chi connectivity index (χ1n) is 6.94. The van der Waals surface area contributed by atoms with Gasteiger partial charge in [0, 0.05) is 19.2 Å². The number of benzene rings is 1. The second kappa shape index (κ2) is 6.98. The second-order valence-corrected chi connectivity index (χ2v) is 5.18. The summed E-state index contributed by atoms with van der Waals surface area (Å²) in [6.45, 7) is 6.06. The van der Waals surface area contributed by atoms with Crippen LogP contribution in [-0.2, 0) is 13.0 Å². The van der Waals surface area contributed by atoms with Crippen LogP contribution in [0.25, 0.3) is 0 Å². The first-order chi connectivity index (χ1) is 9.24. The van der Waals surface area contributed by atoms with Gasteiger partial charge in [-0.2, -0.15) is 5.10 Å². The molecule has 1 heterocycles. The van der Waals surface area contributed by atoms with Gasteiger partial charge in [-0.1, -0.05) is 32.0 Å². The molecule has 0 atom stereocenters. The van der Waals surface area contributed by atoms with Crippen molar-refractivity contribution >= 4 is 0 Å². The van der Waals surface area contributed by atoms with Gasteiger partial charge in [0.2, 0.25) is 0 Å². The molecule has 0 saturated heterocycles. The van der Waals surface area contributed by atoms with Crippen LogP contribution >= 0.6 is 0 Å². The lowest BCUT2D eigenvalue weighted by Crippen LogP contribution is -2.06. The van der Waals surface area contributed by atoms with Crippen molar-refractivity contribution in [3.05, 3.63) is 48.3 Å². The molecule has 3 nitrogen and oxygen atoms in total. The first kappa shape index (κ1) is 13.7. The third-order valence-corrected chi connectivity index (χ3v) is 2.86. The minimum absolute atomic E-state index is 0.657. The highest BCUT2D eigenvalue weighted by Crippen LogP contribution is 2.09. The van der Waals surface area contributed by atoms with Crippen LogP contribution < -0.4 is 4.74 Å². The molecule has 0 N–H and O–H groups in total. The number of ether oxygens (including phenoxy) is 1. The summed E-state index contributed by atoms with van der Waals surface area (Å²) in [4.78, 5) is 0. The lowest BCUT2D eigenvalue weighted by molar-refractivity contribution is 0.298. The van der Waals surface area contributed by atoms with E-state index in [2.05, 4.69) is 31.2 Å². The summed E-state index contributed by atoms with van der Waals surface area (Å²) >= 11 is 0. The van der Waals surface area contributed by atoms with Gasteiger partial charge in [-0.15, -0.1) is 0 Å². The minimum Gasteiger partial charge on any atom is -0.494 e. The van der Waals surface area contributed by atoms with E-state index in [1.165, 1.54) is 5.69 Å². The summed E-state index contributed by atoms with van der Waals surface area (Å²) in [7, 11) is 0. The SMILES string of the molecule is CC(C)Cc1ccn(CCCOc2ccccc2)n1. The number of rotatable bonds is 7. The molecule has 0 aliphatic rings. The molecule has 2 rings (SSSR count). The topological polar surface area (TPSA) is 27.1 Å². The highest BCUT2D eigenvalue weighted by atomic mass is 16.5. The number of aromatic nitrogens is 2. The quantitative estimate of drug-likeness (QED) is 0.710. The molecule has 0 unspecified atom stereocenters. The van der Waals surface area contributed by atoms with Crippen LogP contribution in [0.4, 0.5) is 0 Å². The lowest BCUT2D eigenvalue weighted by Gasteiger charge is -2.06. The zero-order valence-corrected chi connectivity index (χ0v) is 11.7. The zero-order valence-electron chi connectivity index (χ0n) is 11.7. The van der Waals surface area contributed by atoms with E-state index in [1.807, 2.05) is 35.0 Å². The van der Waals surface area contributed by atoms with Crippen molar-refractivity contribution in [3.63, 3.8) is 0 Å². The summed E-state index contributed by atoms with van der Waals surface area (Å²) < 4.78 is 7.66. The van der Waals surface area contributed by atoms with Crippen LogP contribution in [0, 0.1) is 5.92 Å². The highest BCUT2D eigenvalue weighted by Gasteiger charge is 2.02. The van der Waals surface area contributed by atoms with Crippen LogP contribution in [0.5, 0.6) is 5.75 Å². The Morgan fingerprint density at radius 1 is 1.16 bits per heavy atom. The maximum atomic E-state index is 5.66. The number of hydrogen-bond donors (Lipinski definition) is 0. The Labute approximate surface area is 115 Å². The summed E-state index contributed by atoms with van der Waals surface area (Å²) in [5.41, 5.74) is 1.18. The van der Waals surface area contributed by atoms with E-state index in [0.29, 0.717) is 5.92 Å². The molecular formula is C16H22N2O. The van der Waals surface area contributed by atoms with Gasteiger partial charge in [-0.25, -0.2) is 0 Å². The Balaban J connectivity index is 1.69. The third kappa shape index (κ3) is 4.78. The van der Waals surface area contributed by atoms with E-state index < -0.39 is 0 Å². The summed E-state index contributed by atoms with van der Waals surface area (Å²) in [6.07, 6.45) is 4.07.